The third-order valence-corrected chi connectivity index (χ3v) is 4.15. The number of benzene rings is 2. The molecule has 0 aromatic heterocycles. The minimum Gasteiger partial charge on any atom is -0.494 e. The van der Waals surface area contributed by atoms with Gasteiger partial charge in [-0.2, -0.15) is 13.5 Å². The highest BCUT2D eigenvalue weighted by Gasteiger charge is 2.12. The second-order valence-corrected chi connectivity index (χ2v) is 6.41. The normalized spacial score (nSPS) is 11.5. The number of halogens is 1. The van der Waals surface area contributed by atoms with Crippen molar-refractivity contribution in [1.82, 2.24) is 4.83 Å². The molecule has 0 aliphatic rings. The van der Waals surface area contributed by atoms with E-state index in [1.165, 1.54) is 18.3 Å². The highest BCUT2D eigenvalue weighted by Crippen LogP contribution is 2.15. The topological polar surface area (TPSA) is 67.8 Å². The van der Waals surface area contributed by atoms with Crippen molar-refractivity contribution in [3.05, 3.63) is 59.1 Å². The van der Waals surface area contributed by atoms with Gasteiger partial charge in [-0.25, -0.2) is 4.83 Å². The Labute approximate surface area is 134 Å². The fourth-order valence-electron chi connectivity index (χ4n) is 1.69. The Morgan fingerprint density at radius 1 is 1.23 bits per heavy atom. The fourth-order valence-corrected chi connectivity index (χ4v) is 2.68. The van der Waals surface area contributed by atoms with Gasteiger partial charge in [-0.15, -0.1) is 0 Å². The van der Waals surface area contributed by atoms with Gasteiger partial charge < -0.3 is 4.74 Å². The van der Waals surface area contributed by atoms with Crippen LogP contribution in [0.2, 0.25) is 5.02 Å². The summed E-state index contributed by atoms with van der Waals surface area (Å²) in [6, 6.07) is 13.0. The smallest absolute Gasteiger partial charge is 0.276 e. The molecular weight excluding hydrogens is 324 g/mol. The van der Waals surface area contributed by atoms with Crippen LogP contribution in [0.25, 0.3) is 0 Å². The van der Waals surface area contributed by atoms with E-state index in [1.807, 2.05) is 6.92 Å². The Kier molecular flexibility index (Phi) is 5.41. The molecule has 0 saturated heterocycles. The van der Waals surface area contributed by atoms with Crippen LogP contribution in [0.5, 0.6) is 5.75 Å². The van der Waals surface area contributed by atoms with E-state index in [9.17, 15) is 8.42 Å². The molecule has 0 bridgehead atoms. The van der Waals surface area contributed by atoms with E-state index in [-0.39, 0.29) is 4.90 Å². The minimum absolute atomic E-state index is 0.110. The monoisotopic (exact) mass is 338 g/mol. The molecule has 2 aromatic carbocycles. The van der Waals surface area contributed by atoms with Gasteiger partial charge in [0.15, 0.2) is 0 Å². The molecule has 0 amide bonds. The van der Waals surface area contributed by atoms with Crippen LogP contribution in [0.3, 0.4) is 0 Å². The minimum atomic E-state index is -3.71. The number of hydrogen-bond donors (Lipinski definition) is 1. The summed E-state index contributed by atoms with van der Waals surface area (Å²) in [5.74, 6) is 0.615. The predicted octanol–water partition coefficient (Wildman–Crippen LogP) is 3.05. The molecule has 0 radical (unpaired) electrons. The molecule has 0 aliphatic heterocycles. The molecule has 5 nitrogen and oxygen atoms in total. The summed E-state index contributed by atoms with van der Waals surface area (Å²) < 4.78 is 29.4. The summed E-state index contributed by atoms with van der Waals surface area (Å²) in [6.07, 6.45) is 1.39. The van der Waals surface area contributed by atoms with E-state index in [0.29, 0.717) is 22.9 Å². The molecule has 7 heteroatoms. The standard InChI is InChI=1S/C15H15ClN2O3S/c1-2-21-14-6-8-15(9-7-14)22(19,20)18-17-11-12-4-3-5-13(16)10-12/h3-11,18H,2H2,1H3/b17-11-. The van der Waals surface area contributed by atoms with Crippen LogP contribution >= 0.6 is 11.6 Å². The van der Waals surface area contributed by atoms with Crippen LogP contribution < -0.4 is 9.57 Å². The van der Waals surface area contributed by atoms with Gasteiger partial charge in [-0.05, 0) is 48.9 Å². The van der Waals surface area contributed by atoms with E-state index in [0.717, 1.165) is 0 Å². The molecule has 1 N–H and O–H groups in total. The van der Waals surface area contributed by atoms with E-state index in [1.54, 1.807) is 36.4 Å². The summed E-state index contributed by atoms with van der Waals surface area (Å²) >= 11 is 5.84. The zero-order chi connectivity index (χ0) is 16.0. The first kappa shape index (κ1) is 16.3. The van der Waals surface area contributed by atoms with Crippen molar-refractivity contribution < 1.29 is 13.2 Å². The van der Waals surface area contributed by atoms with Crippen molar-refractivity contribution in [2.75, 3.05) is 6.61 Å². The maximum absolute atomic E-state index is 12.1. The molecular formula is C15H15ClN2O3S. The number of hydrazone groups is 1. The van der Waals surface area contributed by atoms with E-state index < -0.39 is 10.0 Å². The number of sulfonamides is 1. The Hall–Kier alpha value is -2.05. The van der Waals surface area contributed by atoms with Gasteiger partial charge in [0.25, 0.3) is 10.0 Å². The Bertz CT molecular complexity index is 759. The maximum atomic E-state index is 12.1. The van der Waals surface area contributed by atoms with E-state index in [4.69, 9.17) is 16.3 Å². The first-order chi connectivity index (χ1) is 10.5. The first-order valence-corrected chi connectivity index (χ1v) is 8.40. The van der Waals surface area contributed by atoms with E-state index >= 15 is 0 Å². The van der Waals surface area contributed by atoms with Gasteiger partial charge in [-0.1, -0.05) is 23.7 Å². The second-order valence-electron chi connectivity index (χ2n) is 4.31. The molecule has 0 spiro atoms. The fraction of sp³-hybridized carbons (Fsp3) is 0.133. The van der Waals surface area contributed by atoms with E-state index in [2.05, 4.69) is 9.93 Å². The summed E-state index contributed by atoms with van der Waals surface area (Å²) in [7, 11) is -3.71. The molecule has 0 atom stereocenters. The number of ether oxygens (including phenoxy) is 1. The van der Waals surface area contributed by atoms with Gasteiger partial charge >= 0.3 is 0 Å². The summed E-state index contributed by atoms with van der Waals surface area (Å²) in [5, 5.41) is 4.29. The lowest BCUT2D eigenvalue weighted by atomic mass is 10.2. The average molecular weight is 339 g/mol. The molecule has 116 valence electrons. The lowest BCUT2D eigenvalue weighted by molar-refractivity contribution is 0.340. The Morgan fingerprint density at radius 2 is 1.95 bits per heavy atom. The number of nitrogens with one attached hydrogen (secondary N) is 1. The molecule has 0 saturated carbocycles. The highest BCUT2D eigenvalue weighted by atomic mass is 35.5. The summed E-state index contributed by atoms with van der Waals surface area (Å²) in [5.41, 5.74) is 0.696. The lowest BCUT2D eigenvalue weighted by Gasteiger charge is -2.05. The summed E-state index contributed by atoms with van der Waals surface area (Å²) in [4.78, 5) is 2.26. The van der Waals surface area contributed by atoms with Crippen LogP contribution in [-0.2, 0) is 10.0 Å². The van der Waals surface area contributed by atoms with Crippen molar-refractivity contribution in [2.45, 2.75) is 11.8 Å². The largest absolute Gasteiger partial charge is 0.494 e. The second kappa shape index (κ2) is 7.29. The SMILES string of the molecule is CCOc1ccc(S(=O)(=O)N/N=C\c2cccc(Cl)c2)cc1. The highest BCUT2D eigenvalue weighted by molar-refractivity contribution is 7.89. The van der Waals surface area contributed by atoms with Crippen molar-refractivity contribution in [3.63, 3.8) is 0 Å². The maximum Gasteiger partial charge on any atom is 0.276 e. The van der Waals surface area contributed by atoms with Crippen LogP contribution in [0.4, 0.5) is 0 Å². The van der Waals surface area contributed by atoms with Gasteiger partial charge in [0, 0.05) is 5.02 Å². The zero-order valence-electron chi connectivity index (χ0n) is 11.9. The molecule has 22 heavy (non-hydrogen) atoms. The van der Waals surface area contributed by atoms with Crippen LogP contribution in [-0.4, -0.2) is 21.2 Å². The molecule has 2 aromatic rings. The molecule has 0 fully saturated rings. The van der Waals surface area contributed by atoms with Crippen molar-refractivity contribution in [1.29, 1.82) is 0 Å². The van der Waals surface area contributed by atoms with Crippen LogP contribution in [0.1, 0.15) is 12.5 Å². The average Bonchev–Trinajstić information content (AvgIpc) is 2.48. The zero-order valence-corrected chi connectivity index (χ0v) is 13.4. The first-order valence-electron chi connectivity index (χ1n) is 6.54. The van der Waals surface area contributed by atoms with Gasteiger partial charge in [0.05, 0.1) is 17.7 Å². The van der Waals surface area contributed by atoms with Gasteiger partial charge in [0.1, 0.15) is 5.75 Å². The van der Waals surface area contributed by atoms with Crippen molar-refractivity contribution >= 4 is 27.8 Å². The van der Waals surface area contributed by atoms with Gasteiger partial charge in [-0.3, -0.25) is 0 Å². The Morgan fingerprint density at radius 3 is 2.59 bits per heavy atom. The van der Waals surface area contributed by atoms with Crippen LogP contribution in [0, 0.1) is 0 Å². The number of rotatable bonds is 6. The van der Waals surface area contributed by atoms with Crippen molar-refractivity contribution in [2.24, 2.45) is 5.10 Å². The number of nitrogens with zero attached hydrogens (tertiary/aromatic N) is 1. The third-order valence-electron chi connectivity index (χ3n) is 2.68. The van der Waals surface area contributed by atoms with Gasteiger partial charge in [0.2, 0.25) is 0 Å². The molecule has 0 aliphatic carbocycles. The Balaban J connectivity index is 2.07. The predicted molar refractivity (Wildman–Crippen MR) is 87.0 cm³/mol. The summed E-state index contributed by atoms with van der Waals surface area (Å²) in [6.45, 7) is 2.38. The quantitative estimate of drug-likeness (QED) is 0.650. The third kappa shape index (κ3) is 4.47. The molecule has 0 unspecified atom stereocenters. The van der Waals surface area contributed by atoms with Crippen molar-refractivity contribution in [3.8, 4) is 5.75 Å². The number of hydrogen-bond acceptors (Lipinski definition) is 4. The van der Waals surface area contributed by atoms with Crippen LogP contribution in [0.15, 0.2) is 58.5 Å². The lowest BCUT2D eigenvalue weighted by Crippen LogP contribution is -2.18. The molecule has 0 heterocycles. The molecule has 2 rings (SSSR count).